The summed E-state index contributed by atoms with van der Waals surface area (Å²) in [5.74, 6) is 0.535. The number of methoxy groups -OCH3 is 1. The van der Waals surface area contributed by atoms with Crippen LogP contribution >= 0.6 is 0 Å². The minimum atomic E-state index is -0.813. The summed E-state index contributed by atoms with van der Waals surface area (Å²) in [4.78, 5) is 37.5. The highest BCUT2D eigenvalue weighted by Crippen LogP contribution is 2.23. The number of nitrogens with zero attached hydrogens (tertiary/aromatic N) is 2. The summed E-state index contributed by atoms with van der Waals surface area (Å²) in [6.45, 7) is 1.99. The molecular formula is C21H21N3O5. The zero-order valence-electron chi connectivity index (χ0n) is 16.1. The zero-order valence-corrected chi connectivity index (χ0v) is 16.1. The molecule has 150 valence electrons. The molecule has 0 unspecified atom stereocenters. The summed E-state index contributed by atoms with van der Waals surface area (Å²) < 4.78 is 13.0. The number of amides is 1. The van der Waals surface area contributed by atoms with Crippen LogP contribution in [0, 0.1) is 0 Å². The first-order valence-electron chi connectivity index (χ1n) is 9.02. The maximum Gasteiger partial charge on any atom is 0.321 e. The number of ether oxygens (including phenoxy) is 2. The maximum absolute atomic E-state index is 12.6. The van der Waals surface area contributed by atoms with Gasteiger partial charge in [-0.3, -0.25) is 23.5 Å². The number of para-hydroxylation sites is 4. The number of aromatic nitrogens is 2. The highest BCUT2D eigenvalue weighted by molar-refractivity contribution is 5.92. The predicted octanol–water partition coefficient (Wildman–Crippen LogP) is 2.05. The molecule has 3 rings (SSSR count). The van der Waals surface area contributed by atoms with Gasteiger partial charge >= 0.3 is 11.1 Å². The monoisotopic (exact) mass is 395 g/mol. The fourth-order valence-electron chi connectivity index (χ4n) is 2.85. The standard InChI is InChI=1S/C21H21N3O5/c1-3-29-17-10-6-4-8-15(17)22-19(25)14-23-12-13-24(21(27)20(23)26)16-9-5-7-11-18(16)28-2/h4-13H,3,14H2,1-2H3,(H,22,25). The summed E-state index contributed by atoms with van der Waals surface area (Å²) in [6, 6.07) is 13.8. The molecule has 2 aromatic carbocycles. The third kappa shape index (κ3) is 4.37. The van der Waals surface area contributed by atoms with E-state index in [4.69, 9.17) is 9.47 Å². The molecule has 1 amide bonds. The van der Waals surface area contributed by atoms with Gasteiger partial charge in [-0.15, -0.1) is 0 Å². The van der Waals surface area contributed by atoms with Crippen LogP contribution in [0.3, 0.4) is 0 Å². The van der Waals surface area contributed by atoms with Crippen molar-refractivity contribution >= 4 is 11.6 Å². The van der Waals surface area contributed by atoms with Crippen LogP contribution < -0.4 is 25.9 Å². The first kappa shape index (κ1) is 19.9. The maximum atomic E-state index is 12.6. The molecule has 0 radical (unpaired) electrons. The Hall–Kier alpha value is -3.81. The third-order valence-electron chi connectivity index (χ3n) is 4.18. The van der Waals surface area contributed by atoms with E-state index in [1.165, 1.54) is 24.1 Å². The third-order valence-corrected chi connectivity index (χ3v) is 4.18. The molecule has 1 heterocycles. The van der Waals surface area contributed by atoms with Crippen molar-refractivity contribution in [2.45, 2.75) is 13.5 Å². The van der Waals surface area contributed by atoms with E-state index in [2.05, 4.69) is 5.32 Å². The SMILES string of the molecule is CCOc1ccccc1NC(=O)Cn1ccn(-c2ccccc2OC)c(=O)c1=O. The van der Waals surface area contributed by atoms with Crippen molar-refractivity contribution in [2.75, 3.05) is 19.0 Å². The number of anilines is 1. The molecule has 0 spiro atoms. The largest absolute Gasteiger partial charge is 0.495 e. The second kappa shape index (κ2) is 8.92. The molecule has 0 aliphatic heterocycles. The fourth-order valence-corrected chi connectivity index (χ4v) is 2.85. The fraction of sp³-hybridized carbons (Fsp3) is 0.190. The Bertz CT molecular complexity index is 1130. The molecule has 1 aromatic heterocycles. The molecule has 0 bridgehead atoms. The van der Waals surface area contributed by atoms with Crippen LogP contribution in [0.15, 0.2) is 70.5 Å². The van der Waals surface area contributed by atoms with E-state index in [1.54, 1.807) is 48.5 Å². The van der Waals surface area contributed by atoms with Gasteiger partial charge in [0.05, 0.1) is 25.1 Å². The van der Waals surface area contributed by atoms with Crippen molar-refractivity contribution in [3.8, 4) is 17.2 Å². The quantitative estimate of drug-likeness (QED) is 0.618. The highest BCUT2D eigenvalue weighted by Gasteiger charge is 2.13. The average Bonchev–Trinajstić information content (AvgIpc) is 2.73. The number of hydrogen-bond acceptors (Lipinski definition) is 5. The number of carbonyl (C=O) groups is 1. The smallest absolute Gasteiger partial charge is 0.321 e. The number of rotatable bonds is 7. The van der Waals surface area contributed by atoms with Crippen LogP contribution in [0.25, 0.3) is 5.69 Å². The lowest BCUT2D eigenvalue weighted by Crippen LogP contribution is -2.41. The van der Waals surface area contributed by atoms with Gasteiger partial charge in [0.1, 0.15) is 18.0 Å². The van der Waals surface area contributed by atoms with Gasteiger partial charge in [-0.25, -0.2) is 0 Å². The van der Waals surface area contributed by atoms with E-state index in [9.17, 15) is 14.4 Å². The van der Waals surface area contributed by atoms with Gasteiger partial charge in [0.15, 0.2) is 0 Å². The van der Waals surface area contributed by atoms with Gasteiger partial charge < -0.3 is 14.8 Å². The van der Waals surface area contributed by atoms with E-state index < -0.39 is 17.0 Å². The second-order valence-electron chi connectivity index (χ2n) is 6.06. The summed E-state index contributed by atoms with van der Waals surface area (Å²) in [5, 5.41) is 2.70. The Balaban J connectivity index is 1.84. The van der Waals surface area contributed by atoms with Crippen LogP contribution in [0.1, 0.15) is 6.92 Å². The summed E-state index contributed by atoms with van der Waals surface area (Å²) in [5.41, 5.74) is -0.653. The van der Waals surface area contributed by atoms with E-state index in [1.807, 2.05) is 6.92 Å². The van der Waals surface area contributed by atoms with Gasteiger partial charge in [0, 0.05) is 12.4 Å². The highest BCUT2D eigenvalue weighted by atomic mass is 16.5. The number of benzene rings is 2. The molecule has 3 aromatic rings. The Morgan fingerprint density at radius 3 is 2.38 bits per heavy atom. The number of nitrogens with one attached hydrogen (secondary N) is 1. The number of hydrogen-bond donors (Lipinski definition) is 1. The van der Waals surface area contributed by atoms with Gasteiger partial charge in [-0.2, -0.15) is 0 Å². The summed E-state index contributed by atoms with van der Waals surface area (Å²) in [7, 11) is 1.48. The lowest BCUT2D eigenvalue weighted by molar-refractivity contribution is -0.116. The normalized spacial score (nSPS) is 10.4. The van der Waals surface area contributed by atoms with Crippen molar-refractivity contribution < 1.29 is 14.3 Å². The van der Waals surface area contributed by atoms with Crippen molar-refractivity contribution in [2.24, 2.45) is 0 Å². The molecule has 0 aliphatic carbocycles. The van der Waals surface area contributed by atoms with Crippen molar-refractivity contribution in [1.82, 2.24) is 9.13 Å². The Morgan fingerprint density at radius 2 is 1.66 bits per heavy atom. The zero-order chi connectivity index (χ0) is 20.8. The van der Waals surface area contributed by atoms with E-state index >= 15 is 0 Å². The van der Waals surface area contributed by atoms with E-state index in [0.29, 0.717) is 29.5 Å². The summed E-state index contributed by atoms with van der Waals surface area (Å²) >= 11 is 0. The molecule has 0 aliphatic rings. The molecule has 0 saturated carbocycles. The summed E-state index contributed by atoms with van der Waals surface area (Å²) in [6.07, 6.45) is 2.83. The Morgan fingerprint density at radius 1 is 0.966 bits per heavy atom. The molecule has 0 saturated heterocycles. The molecule has 0 fully saturated rings. The predicted molar refractivity (Wildman–Crippen MR) is 109 cm³/mol. The molecule has 8 nitrogen and oxygen atoms in total. The van der Waals surface area contributed by atoms with Crippen molar-refractivity contribution in [3.63, 3.8) is 0 Å². The van der Waals surface area contributed by atoms with Gasteiger partial charge in [0.2, 0.25) is 5.91 Å². The molecule has 0 atom stereocenters. The lowest BCUT2D eigenvalue weighted by Gasteiger charge is -2.13. The lowest BCUT2D eigenvalue weighted by atomic mass is 10.3. The first-order valence-corrected chi connectivity index (χ1v) is 9.02. The van der Waals surface area contributed by atoms with Gasteiger partial charge in [-0.1, -0.05) is 24.3 Å². The molecule has 1 N–H and O–H groups in total. The van der Waals surface area contributed by atoms with Crippen molar-refractivity contribution in [3.05, 3.63) is 81.6 Å². The van der Waals surface area contributed by atoms with Crippen LogP contribution in [0.2, 0.25) is 0 Å². The Labute approximate surface area is 166 Å². The minimum absolute atomic E-state index is 0.304. The average molecular weight is 395 g/mol. The van der Waals surface area contributed by atoms with E-state index in [-0.39, 0.29) is 6.54 Å². The van der Waals surface area contributed by atoms with Gasteiger partial charge in [-0.05, 0) is 31.2 Å². The Kier molecular flexibility index (Phi) is 6.13. The van der Waals surface area contributed by atoms with Crippen LogP contribution in [-0.4, -0.2) is 28.8 Å². The number of carbonyl (C=O) groups excluding carboxylic acids is 1. The minimum Gasteiger partial charge on any atom is -0.495 e. The van der Waals surface area contributed by atoms with Gasteiger partial charge in [0.25, 0.3) is 0 Å². The second-order valence-corrected chi connectivity index (χ2v) is 6.06. The van der Waals surface area contributed by atoms with Crippen LogP contribution in [-0.2, 0) is 11.3 Å². The van der Waals surface area contributed by atoms with E-state index in [0.717, 1.165) is 4.57 Å². The topological polar surface area (TPSA) is 91.6 Å². The molecular weight excluding hydrogens is 374 g/mol. The molecule has 29 heavy (non-hydrogen) atoms. The molecule has 8 heteroatoms. The van der Waals surface area contributed by atoms with Crippen molar-refractivity contribution in [1.29, 1.82) is 0 Å². The first-order chi connectivity index (χ1) is 14.0. The van der Waals surface area contributed by atoms with Crippen LogP contribution in [0.5, 0.6) is 11.5 Å². The van der Waals surface area contributed by atoms with Crippen LogP contribution in [0.4, 0.5) is 5.69 Å².